The number of halogens is 2. The molecule has 1 aromatic rings. The van der Waals surface area contributed by atoms with E-state index in [9.17, 15) is 13.9 Å². The fourth-order valence-electron chi connectivity index (χ4n) is 1.08. The van der Waals surface area contributed by atoms with E-state index >= 15 is 0 Å². The standard InChI is InChI=1S/C10H12F2O/c1-6(2)10(13)7-3-4-8(11)9(12)5-7/h3-6,10,13H,1-2H3. The minimum absolute atomic E-state index is 0.00939. The predicted molar refractivity (Wildman–Crippen MR) is 46.2 cm³/mol. The smallest absolute Gasteiger partial charge is 0.159 e. The number of rotatable bonds is 2. The monoisotopic (exact) mass is 186 g/mol. The van der Waals surface area contributed by atoms with Crippen molar-refractivity contribution in [1.29, 1.82) is 0 Å². The van der Waals surface area contributed by atoms with E-state index in [4.69, 9.17) is 0 Å². The number of benzene rings is 1. The van der Waals surface area contributed by atoms with Crippen LogP contribution < -0.4 is 0 Å². The largest absolute Gasteiger partial charge is 0.388 e. The van der Waals surface area contributed by atoms with Crippen molar-refractivity contribution in [1.82, 2.24) is 0 Å². The van der Waals surface area contributed by atoms with Crippen LogP contribution in [-0.2, 0) is 0 Å². The highest BCUT2D eigenvalue weighted by Crippen LogP contribution is 2.22. The van der Waals surface area contributed by atoms with Gasteiger partial charge in [-0.25, -0.2) is 8.78 Å². The summed E-state index contributed by atoms with van der Waals surface area (Å²) in [7, 11) is 0. The quantitative estimate of drug-likeness (QED) is 0.752. The highest BCUT2D eigenvalue weighted by Gasteiger charge is 2.13. The summed E-state index contributed by atoms with van der Waals surface area (Å²) in [6.07, 6.45) is -0.741. The SMILES string of the molecule is CC(C)C(O)c1ccc(F)c(F)c1. The molecule has 1 aromatic carbocycles. The zero-order valence-corrected chi connectivity index (χ0v) is 7.59. The van der Waals surface area contributed by atoms with Gasteiger partial charge in [0.25, 0.3) is 0 Å². The zero-order chi connectivity index (χ0) is 10.0. The van der Waals surface area contributed by atoms with Gasteiger partial charge in [0.05, 0.1) is 6.10 Å². The molecule has 0 bridgehead atoms. The third kappa shape index (κ3) is 2.25. The summed E-state index contributed by atoms with van der Waals surface area (Å²) >= 11 is 0. The van der Waals surface area contributed by atoms with Crippen molar-refractivity contribution in [3.63, 3.8) is 0 Å². The topological polar surface area (TPSA) is 20.2 Å². The van der Waals surface area contributed by atoms with Crippen molar-refractivity contribution in [2.45, 2.75) is 20.0 Å². The van der Waals surface area contributed by atoms with Crippen LogP contribution in [0.3, 0.4) is 0 Å². The maximum atomic E-state index is 12.7. The Morgan fingerprint density at radius 2 is 1.77 bits per heavy atom. The van der Waals surface area contributed by atoms with E-state index in [0.29, 0.717) is 5.56 Å². The van der Waals surface area contributed by atoms with Gasteiger partial charge in [0.1, 0.15) is 0 Å². The Labute approximate surface area is 76.0 Å². The van der Waals surface area contributed by atoms with E-state index in [1.165, 1.54) is 6.07 Å². The predicted octanol–water partition coefficient (Wildman–Crippen LogP) is 2.65. The number of hydrogen-bond donors (Lipinski definition) is 1. The fourth-order valence-corrected chi connectivity index (χ4v) is 1.08. The second kappa shape index (κ2) is 3.83. The molecule has 1 N–H and O–H groups in total. The highest BCUT2D eigenvalue weighted by molar-refractivity contribution is 5.20. The second-order valence-electron chi connectivity index (χ2n) is 3.36. The van der Waals surface area contributed by atoms with Crippen molar-refractivity contribution < 1.29 is 13.9 Å². The zero-order valence-electron chi connectivity index (χ0n) is 7.59. The summed E-state index contributed by atoms with van der Waals surface area (Å²) in [5, 5.41) is 9.52. The van der Waals surface area contributed by atoms with E-state index in [-0.39, 0.29) is 5.92 Å². The molecule has 0 spiro atoms. The summed E-state index contributed by atoms with van der Waals surface area (Å²) in [6, 6.07) is 3.44. The summed E-state index contributed by atoms with van der Waals surface area (Å²) in [4.78, 5) is 0. The van der Waals surface area contributed by atoms with Crippen LogP contribution in [-0.4, -0.2) is 5.11 Å². The van der Waals surface area contributed by atoms with Gasteiger partial charge >= 0.3 is 0 Å². The van der Waals surface area contributed by atoms with Gasteiger partial charge < -0.3 is 5.11 Å². The Hall–Kier alpha value is -0.960. The Morgan fingerprint density at radius 1 is 1.15 bits per heavy atom. The van der Waals surface area contributed by atoms with Gasteiger partial charge in [0.2, 0.25) is 0 Å². The highest BCUT2D eigenvalue weighted by atomic mass is 19.2. The minimum Gasteiger partial charge on any atom is -0.388 e. The normalized spacial score (nSPS) is 13.4. The van der Waals surface area contributed by atoms with Crippen LogP contribution in [0.1, 0.15) is 25.5 Å². The van der Waals surface area contributed by atoms with E-state index < -0.39 is 17.7 Å². The Morgan fingerprint density at radius 3 is 2.23 bits per heavy atom. The van der Waals surface area contributed by atoms with Gasteiger partial charge in [-0.1, -0.05) is 19.9 Å². The lowest BCUT2D eigenvalue weighted by Gasteiger charge is -2.14. The third-order valence-corrected chi connectivity index (χ3v) is 1.92. The molecule has 0 aliphatic carbocycles. The van der Waals surface area contributed by atoms with Crippen molar-refractivity contribution in [3.8, 4) is 0 Å². The van der Waals surface area contributed by atoms with Gasteiger partial charge in [0.15, 0.2) is 11.6 Å². The Balaban J connectivity index is 2.97. The van der Waals surface area contributed by atoms with Crippen LogP contribution in [0.5, 0.6) is 0 Å². The fraction of sp³-hybridized carbons (Fsp3) is 0.400. The van der Waals surface area contributed by atoms with Gasteiger partial charge in [-0.05, 0) is 23.6 Å². The van der Waals surface area contributed by atoms with Crippen LogP contribution in [0.2, 0.25) is 0 Å². The molecule has 0 aliphatic heterocycles. The molecule has 3 heteroatoms. The van der Waals surface area contributed by atoms with Crippen molar-refractivity contribution in [3.05, 3.63) is 35.4 Å². The summed E-state index contributed by atoms with van der Waals surface area (Å²) in [6.45, 7) is 3.62. The maximum Gasteiger partial charge on any atom is 0.159 e. The molecule has 13 heavy (non-hydrogen) atoms. The van der Waals surface area contributed by atoms with E-state index in [1.54, 1.807) is 0 Å². The summed E-state index contributed by atoms with van der Waals surface area (Å²) in [5.41, 5.74) is 0.411. The third-order valence-electron chi connectivity index (χ3n) is 1.92. The molecule has 0 radical (unpaired) electrons. The first kappa shape index (κ1) is 10.1. The molecule has 1 atom stereocenters. The van der Waals surface area contributed by atoms with Gasteiger partial charge in [-0.2, -0.15) is 0 Å². The van der Waals surface area contributed by atoms with Gasteiger partial charge in [0, 0.05) is 0 Å². The number of aliphatic hydroxyl groups excluding tert-OH is 1. The molecule has 1 rings (SSSR count). The molecular weight excluding hydrogens is 174 g/mol. The Kier molecular flexibility index (Phi) is 2.98. The van der Waals surface area contributed by atoms with Crippen molar-refractivity contribution in [2.24, 2.45) is 5.92 Å². The number of aliphatic hydroxyl groups is 1. The molecule has 0 fully saturated rings. The second-order valence-corrected chi connectivity index (χ2v) is 3.36. The van der Waals surface area contributed by atoms with Gasteiger partial charge in [-0.3, -0.25) is 0 Å². The first-order valence-electron chi connectivity index (χ1n) is 4.15. The molecular formula is C10H12F2O. The van der Waals surface area contributed by atoms with E-state index in [0.717, 1.165) is 12.1 Å². The molecule has 1 unspecified atom stereocenters. The van der Waals surface area contributed by atoms with Crippen molar-refractivity contribution >= 4 is 0 Å². The lowest BCUT2D eigenvalue weighted by Crippen LogP contribution is -2.05. The molecule has 1 nitrogen and oxygen atoms in total. The minimum atomic E-state index is -0.919. The van der Waals surface area contributed by atoms with Gasteiger partial charge in [-0.15, -0.1) is 0 Å². The first-order valence-corrected chi connectivity index (χ1v) is 4.15. The molecule has 0 heterocycles. The van der Waals surface area contributed by atoms with E-state index in [2.05, 4.69) is 0 Å². The van der Waals surface area contributed by atoms with Crippen LogP contribution in [0.25, 0.3) is 0 Å². The van der Waals surface area contributed by atoms with Crippen molar-refractivity contribution in [2.75, 3.05) is 0 Å². The lowest BCUT2D eigenvalue weighted by molar-refractivity contribution is 0.126. The summed E-state index contributed by atoms with van der Waals surface area (Å²) in [5.74, 6) is -1.82. The number of hydrogen-bond acceptors (Lipinski definition) is 1. The van der Waals surface area contributed by atoms with Crippen LogP contribution >= 0.6 is 0 Å². The first-order chi connectivity index (χ1) is 6.02. The molecule has 0 saturated heterocycles. The summed E-state index contributed by atoms with van der Waals surface area (Å²) < 4.78 is 25.2. The average molecular weight is 186 g/mol. The lowest BCUT2D eigenvalue weighted by atomic mass is 9.99. The Bertz CT molecular complexity index is 297. The molecule has 0 aliphatic rings. The van der Waals surface area contributed by atoms with E-state index in [1.807, 2.05) is 13.8 Å². The molecule has 72 valence electrons. The van der Waals surface area contributed by atoms with Crippen LogP contribution in [0.15, 0.2) is 18.2 Å². The molecule has 0 aromatic heterocycles. The van der Waals surface area contributed by atoms with Crippen LogP contribution in [0.4, 0.5) is 8.78 Å². The maximum absolute atomic E-state index is 12.7. The molecule has 0 saturated carbocycles. The molecule has 0 amide bonds. The average Bonchev–Trinajstić information content (AvgIpc) is 2.08. The van der Waals surface area contributed by atoms with Crippen LogP contribution in [0, 0.1) is 17.6 Å².